The van der Waals surface area contributed by atoms with Crippen molar-refractivity contribution in [2.45, 2.75) is 19.4 Å². The van der Waals surface area contributed by atoms with Crippen molar-refractivity contribution in [2.24, 2.45) is 0 Å². The third kappa shape index (κ3) is 2.98. The lowest BCUT2D eigenvalue weighted by molar-refractivity contribution is 0.606. The molecule has 0 saturated carbocycles. The minimum Gasteiger partial charge on any atom is -0.306 e. The number of hydrogen-bond donors (Lipinski definition) is 1. The molecular weight excluding hydrogens is 350 g/mol. The first-order valence-electron chi connectivity index (χ1n) is 6.73. The molecule has 3 rings (SSSR count). The molecule has 1 N–H and O–H groups in total. The van der Waals surface area contributed by atoms with Gasteiger partial charge in [-0.25, -0.2) is 0 Å². The Bertz CT molecular complexity index is 655. The molecule has 0 radical (unpaired) electrons. The van der Waals surface area contributed by atoms with Crippen LogP contribution in [-0.4, -0.2) is 6.54 Å². The molecule has 4 heteroatoms. The molecule has 0 aliphatic rings. The van der Waals surface area contributed by atoms with Gasteiger partial charge in [-0.05, 0) is 48.2 Å². The molecule has 2 aromatic heterocycles. The number of halogens is 1. The lowest BCUT2D eigenvalue weighted by Gasteiger charge is -2.17. The number of thiophene rings is 2. The predicted molar refractivity (Wildman–Crippen MR) is 94.0 cm³/mol. The van der Waals surface area contributed by atoms with E-state index in [1.807, 2.05) is 22.7 Å². The van der Waals surface area contributed by atoms with E-state index in [-0.39, 0.29) is 0 Å². The summed E-state index contributed by atoms with van der Waals surface area (Å²) in [6.45, 7) is 3.24. The molecule has 1 atom stereocenters. The summed E-state index contributed by atoms with van der Waals surface area (Å²) < 4.78 is 3.92. The summed E-state index contributed by atoms with van der Waals surface area (Å²) in [5.74, 6) is 0. The van der Waals surface area contributed by atoms with E-state index in [0.717, 1.165) is 17.4 Å². The Morgan fingerprint density at radius 3 is 2.65 bits per heavy atom. The van der Waals surface area contributed by atoms with Crippen molar-refractivity contribution in [3.05, 3.63) is 56.7 Å². The number of fused-ring (bicyclic) bond motifs is 1. The van der Waals surface area contributed by atoms with Crippen LogP contribution in [0.25, 0.3) is 9.40 Å². The highest BCUT2D eigenvalue weighted by molar-refractivity contribution is 9.10. The van der Waals surface area contributed by atoms with E-state index in [2.05, 4.69) is 69.9 Å². The maximum atomic E-state index is 3.67. The smallest absolute Gasteiger partial charge is 0.0671 e. The van der Waals surface area contributed by atoms with Crippen LogP contribution in [0.1, 0.15) is 29.8 Å². The quantitative estimate of drug-likeness (QED) is 0.600. The molecule has 0 fully saturated rings. The van der Waals surface area contributed by atoms with Crippen LogP contribution in [0.4, 0.5) is 0 Å². The summed E-state index contributed by atoms with van der Waals surface area (Å²) in [6.07, 6.45) is 1.15. The van der Waals surface area contributed by atoms with E-state index < -0.39 is 0 Å². The second-order valence-corrected chi connectivity index (χ2v) is 7.72. The number of hydrogen-bond acceptors (Lipinski definition) is 3. The molecule has 20 heavy (non-hydrogen) atoms. The molecule has 1 nitrogen and oxygen atoms in total. The molecule has 104 valence electrons. The monoisotopic (exact) mass is 365 g/mol. The molecule has 0 aliphatic heterocycles. The maximum absolute atomic E-state index is 3.67. The summed E-state index contributed by atoms with van der Waals surface area (Å²) in [6, 6.07) is 13.5. The molecule has 1 aromatic carbocycles. The molecule has 0 saturated heterocycles. The Labute approximate surface area is 135 Å². The fourth-order valence-corrected chi connectivity index (χ4v) is 4.74. The van der Waals surface area contributed by atoms with Gasteiger partial charge in [0.05, 0.1) is 6.04 Å². The zero-order valence-corrected chi connectivity index (χ0v) is 14.4. The van der Waals surface area contributed by atoms with E-state index >= 15 is 0 Å². The fraction of sp³-hybridized carbons (Fsp3) is 0.250. The van der Waals surface area contributed by atoms with Gasteiger partial charge in [-0.15, -0.1) is 22.7 Å². The normalized spacial score (nSPS) is 12.9. The van der Waals surface area contributed by atoms with Crippen molar-refractivity contribution in [2.75, 3.05) is 6.54 Å². The topological polar surface area (TPSA) is 12.0 Å². The Morgan fingerprint density at radius 2 is 1.95 bits per heavy atom. The van der Waals surface area contributed by atoms with E-state index in [4.69, 9.17) is 0 Å². The summed E-state index contributed by atoms with van der Waals surface area (Å²) >= 11 is 7.23. The Balaban J connectivity index is 1.96. The first-order valence-corrected chi connectivity index (χ1v) is 9.22. The molecular formula is C16H16BrNS2. The Kier molecular flexibility index (Phi) is 4.56. The predicted octanol–water partition coefficient (Wildman–Crippen LogP) is 5.81. The lowest BCUT2D eigenvalue weighted by Crippen LogP contribution is -2.22. The molecule has 1 unspecified atom stereocenters. The van der Waals surface area contributed by atoms with E-state index in [0.29, 0.717) is 6.04 Å². The van der Waals surface area contributed by atoms with Crippen LogP contribution >= 0.6 is 38.6 Å². The van der Waals surface area contributed by atoms with E-state index in [1.165, 1.54) is 19.8 Å². The summed E-state index contributed by atoms with van der Waals surface area (Å²) in [7, 11) is 0. The summed E-state index contributed by atoms with van der Waals surface area (Å²) in [4.78, 5) is 1.41. The third-order valence-corrected chi connectivity index (χ3v) is 5.93. The van der Waals surface area contributed by atoms with Crippen LogP contribution < -0.4 is 5.32 Å². The molecule has 0 amide bonds. The average Bonchev–Trinajstić information content (AvgIpc) is 3.02. The van der Waals surface area contributed by atoms with Gasteiger partial charge in [-0.3, -0.25) is 0 Å². The first kappa shape index (κ1) is 14.3. The van der Waals surface area contributed by atoms with Crippen LogP contribution in [0.2, 0.25) is 0 Å². The number of benzene rings is 1. The molecule has 0 bridgehead atoms. The second kappa shape index (κ2) is 6.39. The van der Waals surface area contributed by atoms with Gasteiger partial charge in [0, 0.05) is 18.7 Å². The summed E-state index contributed by atoms with van der Waals surface area (Å²) in [5, 5.41) is 5.84. The Hall–Kier alpha value is -0.680. The van der Waals surface area contributed by atoms with E-state index in [9.17, 15) is 0 Å². The minimum absolute atomic E-state index is 0.299. The van der Waals surface area contributed by atoms with Gasteiger partial charge in [0.1, 0.15) is 0 Å². The van der Waals surface area contributed by atoms with Crippen LogP contribution in [-0.2, 0) is 0 Å². The van der Waals surface area contributed by atoms with Crippen molar-refractivity contribution < 1.29 is 0 Å². The zero-order chi connectivity index (χ0) is 13.9. The first-order chi connectivity index (χ1) is 9.78. The average molecular weight is 366 g/mol. The molecule has 0 aliphatic carbocycles. The van der Waals surface area contributed by atoms with E-state index in [1.54, 1.807) is 0 Å². The van der Waals surface area contributed by atoms with Gasteiger partial charge < -0.3 is 5.32 Å². The van der Waals surface area contributed by atoms with Crippen molar-refractivity contribution in [3.63, 3.8) is 0 Å². The van der Waals surface area contributed by atoms with Crippen LogP contribution in [0.3, 0.4) is 0 Å². The largest absolute Gasteiger partial charge is 0.306 e. The van der Waals surface area contributed by atoms with Crippen molar-refractivity contribution in [1.82, 2.24) is 5.32 Å². The standard InChI is InChI=1S/C16H16BrNS2/c1-2-8-18-16(11-3-5-12(17)6-4-11)15-10-14-13(20-15)7-9-19-14/h3-7,9-10,16,18H,2,8H2,1H3. The zero-order valence-electron chi connectivity index (χ0n) is 11.2. The van der Waals surface area contributed by atoms with Crippen LogP contribution in [0.15, 0.2) is 46.3 Å². The lowest BCUT2D eigenvalue weighted by atomic mass is 10.1. The molecule has 3 aromatic rings. The van der Waals surface area contributed by atoms with Crippen molar-refractivity contribution in [3.8, 4) is 0 Å². The number of nitrogens with one attached hydrogen (secondary N) is 1. The summed E-state index contributed by atoms with van der Waals surface area (Å²) in [5.41, 5.74) is 1.33. The highest BCUT2D eigenvalue weighted by atomic mass is 79.9. The van der Waals surface area contributed by atoms with Gasteiger partial charge in [0.25, 0.3) is 0 Å². The van der Waals surface area contributed by atoms with Crippen LogP contribution in [0.5, 0.6) is 0 Å². The highest BCUT2D eigenvalue weighted by Crippen LogP contribution is 2.36. The van der Waals surface area contributed by atoms with Gasteiger partial charge in [0.2, 0.25) is 0 Å². The molecule has 2 heterocycles. The fourth-order valence-electron chi connectivity index (χ4n) is 2.25. The van der Waals surface area contributed by atoms with Gasteiger partial charge >= 0.3 is 0 Å². The van der Waals surface area contributed by atoms with Crippen LogP contribution in [0, 0.1) is 0 Å². The van der Waals surface area contributed by atoms with Crippen molar-refractivity contribution in [1.29, 1.82) is 0 Å². The maximum Gasteiger partial charge on any atom is 0.0671 e. The minimum atomic E-state index is 0.299. The third-order valence-electron chi connectivity index (χ3n) is 3.24. The SMILES string of the molecule is CCCNC(c1ccc(Br)cc1)c1cc2sccc2s1. The van der Waals surface area contributed by atoms with Gasteiger partial charge in [0.15, 0.2) is 0 Å². The highest BCUT2D eigenvalue weighted by Gasteiger charge is 2.16. The van der Waals surface area contributed by atoms with Gasteiger partial charge in [-0.1, -0.05) is 35.0 Å². The number of rotatable bonds is 5. The van der Waals surface area contributed by atoms with Crippen molar-refractivity contribution >= 4 is 48.0 Å². The Morgan fingerprint density at radius 1 is 1.15 bits per heavy atom. The second-order valence-electron chi connectivity index (χ2n) is 4.74. The van der Waals surface area contributed by atoms with Gasteiger partial charge in [-0.2, -0.15) is 0 Å². The molecule has 0 spiro atoms.